The molecule has 19 heavy (non-hydrogen) atoms. The molecular formula is C12H14FNO5. The number of carbonyl (C=O) groups is 1. The molecule has 1 aromatic rings. The van der Waals surface area contributed by atoms with E-state index in [1.165, 1.54) is 0 Å². The maximum absolute atomic E-state index is 13.4. The van der Waals surface area contributed by atoms with Crippen LogP contribution in [0, 0.1) is 15.9 Å². The van der Waals surface area contributed by atoms with E-state index in [1.54, 1.807) is 13.8 Å². The van der Waals surface area contributed by atoms with Gasteiger partial charge in [-0.1, -0.05) is 6.92 Å². The van der Waals surface area contributed by atoms with Gasteiger partial charge >= 0.3 is 11.7 Å². The number of hydrogen-bond acceptors (Lipinski definition) is 4. The van der Waals surface area contributed by atoms with Crippen molar-refractivity contribution in [3.8, 4) is 5.75 Å². The van der Waals surface area contributed by atoms with E-state index in [2.05, 4.69) is 0 Å². The van der Waals surface area contributed by atoms with Gasteiger partial charge in [-0.15, -0.1) is 0 Å². The topological polar surface area (TPSA) is 89.7 Å². The Morgan fingerprint density at radius 3 is 2.53 bits per heavy atom. The second-order valence-electron chi connectivity index (χ2n) is 4.58. The Morgan fingerprint density at radius 1 is 1.53 bits per heavy atom. The van der Waals surface area contributed by atoms with E-state index in [4.69, 9.17) is 9.84 Å². The number of halogens is 1. The Hall–Kier alpha value is -2.18. The monoisotopic (exact) mass is 271 g/mol. The largest absolute Gasteiger partial charge is 0.481 e. The highest BCUT2D eigenvalue weighted by Crippen LogP contribution is 2.33. The van der Waals surface area contributed by atoms with Crippen molar-refractivity contribution < 1.29 is 24.0 Å². The summed E-state index contributed by atoms with van der Waals surface area (Å²) >= 11 is 0. The first kappa shape index (κ1) is 14.9. The number of benzene rings is 1. The number of rotatable bonds is 5. The van der Waals surface area contributed by atoms with Crippen LogP contribution in [0.25, 0.3) is 0 Å². The molecule has 0 atom stereocenters. The number of nitro benzene ring substituents is 1. The van der Waals surface area contributed by atoms with Crippen LogP contribution in [-0.4, -0.2) is 21.6 Å². The van der Waals surface area contributed by atoms with Gasteiger partial charge in [0, 0.05) is 6.07 Å². The number of nitrogens with zero attached hydrogens (tertiary/aromatic N) is 1. The minimum atomic E-state index is -1.51. The second kappa shape index (κ2) is 5.21. The first-order chi connectivity index (χ1) is 8.68. The van der Waals surface area contributed by atoms with Crippen molar-refractivity contribution in [1.82, 2.24) is 0 Å². The molecule has 1 N–H and O–H groups in total. The van der Waals surface area contributed by atoms with Crippen molar-refractivity contribution in [2.75, 3.05) is 0 Å². The summed E-state index contributed by atoms with van der Waals surface area (Å²) in [5.74, 6) is -2.93. The van der Waals surface area contributed by atoms with E-state index >= 15 is 0 Å². The minimum Gasteiger partial charge on any atom is -0.481 e. The number of aromatic carboxylic acids is 1. The van der Waals surface area contributed by atoms with E-state index in [0.717, 1.165) is 6.07 Å². The fourth-order valence-corrected chi connectivity index (χ4v) is 1.30. The van der Waals surface area contributed by atoms with Gasteiger partial charge in [0.1, 0.15) is 11.4 Å². The van der Waals surface area contributed by atoms with Crippen LogP contribution >= 0.6 is 0 Å². The predicted octanol–water partition coefficient (Wildman–Crippen LogP) is 3.00. The highest BCUT2D eigenvalue weighted by atomic mass is 19.1. The Balaban J connectivity index is 3.38. The molecule has 0 aliphatic rings. The molecule has 0 heterocycles. The van der Waals surface area contributed by atoms with Gasteiger partial charge in [-0.05, 0) is 20.3 Å². The van der Waals surface area contributed by atoms with Gasteiger partial charge in [0.2, 0.25) is 0 Å². The van der Waals surface area contributed by atoms with Crippen molar-refractivity contribution >= 4 is 11.7 Å². The molecule has 0 fully saturated rings. The van der Waals surface area contributed by atoms with Gasteiger partial charge < -0.3 is 9.84 Å². The summed E-state index contributed by atoms with van der Waals surface area (Å²) in [6, 6.07) is 1.40. The maximum atomic E-state index is 13.4. The third-order valence-electron chi connectivity index (χ3n) is 2.71. The zero-order chi connectivity index (χ0) is 14.8. The Morgan fingerprint density at radius 2 is 2.11 bits per heavy atom. The van der Waals surface area contributed by atoms with Gasteiger partial charge in [-0.2, -0.15) is 0 Å². The molecule has 0 saturated carbocycles. The lowest BCUT2D eigenvalue weighted by Crippen LogP contribution is -2.27. The summed E-state index contributed by atoms with van der Waals surface area (Å²) in [7, 11) is 0. The molecule has 1 aromatic carbocycles. The van der Waals surface area contributed by atoms with Crippen LogP contribution in [0.3, 0.4) is 0 Å². The third-order valence-corrected chi connectivity index (χ3v) is 2.71. The van der Waals surface area contributed by atoms with Crippen molar-refractivity contribution in [3.63, 3.8) is 0 Å². The maximum Gasteiger partial charge on any atom is 0.338 e. The molecule has 0 amide bonds. The van der Waals surface area contributed by atoms with Crippen molar-refractivity contribution in [3.05, 3.63) is 33.6 Å². The van der Waals surface area contributed by atoms with Gasteiger partial charge in [-0.3, -0.25) is 10.1 Å². The van der Waals surface area contributed by atoms with E-state index in [9.17, 15) is 19.3 Å². The average molecular weight is 271 g/mol. The number of carboxylic acids is 1. The molecule has 7 heteroatoms. The predicted molar refractivity (Wildman–Crippen MR) is 65.0 cm³/mol. The minimum absolute atomic E-state index is 0.254. The van der Waals surface area contributed by atoms with Gasteiger partial charge in [-0.25, -0.2) is 9.18 Å². The van der Waals surface area contributed by atoms with Crippen molar-refractivity contribution in [2.45, 2.75) is 32.8 Å². The van der Waals surface area contributed by atoms with Crippen LogP contribution in [0.1, 0.15) is 37.6 Å². The highest BCUT2D eigenvalue weighted by molar-refractivity contribution is 5.89. The van der Waals surface area contributed by atoms with Crippen LogP contribution in [0.15, 0.2) is 12.1 Å². The molecule has 0 saturated heterocycles. The molecule has 104 valence electrons. The lowest BCUT2D eigenvalue weighted by Gasteiger charge is -2.24. The zero-order valence-corrected chi connectivity index (χ0v) is 10.8. The molecule has 0 aliphatic heterocycles. The second-order valence-corrected chi connectivity index (χ2v) is 4.58. The van der Waals surface area contributed by atoms with Gasteiger partial charge in [0.25, 0.3) is 0 Å². The van der Waals surface area contributed by atoms with Crippen LogP contribution in [-0.2, 0) is 0 Å². The molecule has 6 nitrogen and oxygen atoms in total. The molecular weight excluding hydrogens is 257 g/mol. The summed E-state index contributed by atoms with van der Waals surface area (Å²) < 4.78 is 18.8. The fraction of sp³-hybridized carbons (Fsp3) is 0.417. The summed E-state index contributed by atoms with van der Waals surface area (Å²) in [5, 5.41) is 19.7. The van der Waals surface area contributed by atoms with Crippen molar-refractivity contribution in [2.24, 2.45) is 0 Å². The number of carboxylic acid groups (broad SMARTS) is 1. The summed E-state index contributed by atoms with van der Waals surface area (Å²) in [6.45, 7) is 5.20. The van der Waals surface area contributed by atoms with E-state index in [0.29, 0.717) is 12.5 Å². The zero-order valence-electron chi connectivity index (χ0n) is 10.8. The lowest BCUT2D eigenvalue weighted by molar-refractivity contribution is -0.386. The smallest absolute Gasteiger partial charge is 0.338 e. The molecule has 0 spiro atoms. The summed E-state index contributed by atoms with van der Waals surface area (Å²) in [6.07, 6.45) is 0.546. The van der Waals surface area contributed by atoms with E-state index in [1.807, 2.05) is 6.92 Å². The van der Waals surface area contributed by atoms with E-state index in [-0.39, 0.29) is 5.75 Å². The molecule has 0 radical (unpaired) electrons. The van der Waals surface area contributed by atoms with Crippen LogP contribution in [0.5, 0.6) is 5.75 Å². The molecule has 0 aromatic heterocycles. The van der Waals surface area contributed by atoms with Crippen molar-refractivity contribution in [1.29, 1.82) is 0 Å². The normalized spacial score (nSPS) is 11.2. The van der Waals surface area contributed by atoms with E-state index < -0.39 is 33.6 Å². The molecule has 0 bridgehead atoms. The average Bonchev–Trinajstić information content (AvgIpc) is 2.30. The Kier molecular flexibility index (Phi) is 4.08. The SMILES string of the molecule is CCC(C)(C)Oc1cc(C(=O)O)c(F)cc1[N+](=O)[O-]. The van der Waals surface area contributed by atoms with Gasteiger partial charge in [0.15, 0.2) is 5.75 Å². The highest BCUT2D eigenvalue weighted by Gasteiger charge is 2.27. The number of nitro groups is 1. The van der Waals surface area contributed by atoms with Gasteiger partial charge in [0.05, 0.1) is 16.6 Å². The molecule has 0 aliphatic carbocycles. The van der Waals surface area contributed by atoms with Crippen LogP contribution < -0.4 is 4.74 Å². The third kappa shape index (κ3) is 3.40. The molecule has 1 rings (SSSR count). The Labute approximate surface area is 109 Å². The van der Waals surface area contributed by atoms with Crippen LogP contribution in [0.4, 0.5) is 10.1 Å². The van der Waals surface area contributed by atoms with Crippen LogP contribution in [0.2, 0.25) is 0 Å². The lowest BCUT2D eigenvalue weighted by atomic mass is 10.1. The Bertz CT molecular complexity index is 527. The fourth-order valence-electron chi connectivity index (χ4n) is 1.30. The first-order valence-corrected chi connectivity index (χ1v) is 5.58. The number of hydrogen-bond donors (Lipinski definition) is 1. The first-order valence-electron chi connectivity index (χ1n) is 5.58. The quantitative estimate of drug-likeness (QED) is 0.656. The molecule has 0 unspecified atom stereocenters. The summed E-state index contributed by atoms with van der Waals surface area (Å²) in [4.78, 5) is 20.9. The number of ether oxygens (including phenoxy) is 1. The summed E-state index contributed by atoms with van der Waals surface area (Å²) in [5.41, 5.74) is -1.98. The standard InChI is InChI=1S/C12H14FNO5/c1-4-12(2,3)19-10-5-7(11(15)16)8(13)6-9(10)14(17)18/h5-6H,4H2,1-3H3,(H,15,16).